The minimum Gasteiger partial charge on any atom is -0.119 e. The maximum Gasteiger partial charge on any atom is 0.0454 e. The van der Waals surface area contributed by atoms with E-state index in [1.54, 1.807) is 0 Å². The molecule has 0 amide bonds. The zero-order valence-electron chi connectivity index (χ0n) is 9.30. The molecule has 0 spiro atoms. The number of hydrogen-bond donors (Lipinski definition) is 0. The number of terminal acetylenes is 1. The molecule has 0 saturated carbocycles. The average molecular weight is 186 g/mol. The zero-order chi connectivity index (χ0) is 10.6. The molecule has 0 aliphatic heterocycles. The van der Waals surface area contributed by atoms with Crippen molar-refractivity contribution in [3.05, 3.63) is 34.9 Å². The Morgan fingerprint density at radius 1 is 1.29 bits per heavy atom. The summed E-state index contributed by atoms with van der Waals surface area (Å²) in [6, 6.07) is 6.37. The Hall–Kier alpha value is -1.22. The van der Waals surface area contributed by atoms with Gasteiger partial charge in [-0.05, 0) is 37.0 Å². The van der Waals surface area contributed by atoms with Crippen molar-refractivity contribution >= 4 is 0 Å². The summed E-state index contributed by atoms with van der Waals surface area (Å²) < 4.78 is 0. The van der Waals surface area contributed by atoms with E-state index in [0.29, 0.717) is 5.92 Å². The first-order chi connectivity index (χ1) is 6.70. The second kappa shape index (κ2) is 4.86. The SMILES string of the molecule is C#CC(CCC)c1c(C)cccc1C. The highest BCUT2D eigenvalue weighted by atomic mass is 14.1. The topological polar surface area (TPSA) is 0 Å². The Balaban J connectivity index is 3.10. The van der Waals surface area contributed by atoms with Crippen LogP contribution in [0.4, 0.5) is 0 Å². The van der Waals surface area contributed by atoms with E-state index in [2.05, 4.69) is 44.9 Å². The summed E-state index contributed by atoms with van der Waals surface area (Å²) in [7, 11) is 0. The molecule has 1 atom stereocenters. The molecule has 0 aliphatic rings. The molecule has 0 saturated heterocycles. The molecule has 0 bridgehead atoms. The monoisotopic (exact) mass is 186 g/mol. The van der Waals surface area contributed by atoms with Gasteiger partial charge in [-0.15, -0.1) is 6.42 Å². The van der Waals surface area contributed by atoms with Crippen LogP contribution in [0.3, 0.4) is 0 Å². The lowest BCUT2D eigenvalue weighted by molar-refractivity contribution is 0.727. The van der Waals surface area contributed by atoms with Gasteiger partial charge in [-0.25, -0.2) is 0 Å². The van der Waals surface area contributed by atoms with E-state index in [9.17, 15) is 0 Å². The van der Waals surface area contributed by atoms with E-state index in [1.807, 2.05) is 0 Å². The van der Waals surface area contributed by atoms with E-state index >= 15 is 0 Å². The lowest BCUT2D eigenvalue weighted by Crippen LogP contribution is -2.01. The van der Waals surface area contributed by atoms with Crippen LogP contribution < -0.4 is 0 Å². The molecule has 0 heteroatoms. The molecule has 1 aromatic rings. The number of benzene rings is 1. The quantitative estimate of drug-likeness (QED) is 0.629. The van der Waals surface area contributed by atoms with Gasteiger partial charge < -0.3 is 0 Å². The van der Waals surface area contributed by atoms with Crippen LogP contribution in [0.2, 0.25) is 0 Å². The standard InChI is InChI=1S/C14H18/c1-5-8-13(6-2)14-11(3)9-7-10-12(14)4/h2,7,9-10,13H,5,8H2,1,3-4H3. The predicted octanol–water partition coefficient (Wildman–Crippen LogP) is 3.82. The molecule has 1 unspecified atom stereocenters. The van der Waals surface area contributed by atoms with Gasteiger partial charge in [0.2, 0.25) is 0 Å². The lowest BCUT2D eigenvalue weighted by Gasteiger charge is -2.15. The fraction of sp³-hybridized carbons (Fsp3) is 0.429. The van der Waals surface area contributed by atoms with Crippen LogP contribution in [0.5, 0.6) is 0 Å². The van der Waals surface area contributed by atoms with Gasteiger partial charge in [0.15, 0.2) is 0 Å². The Morgan fingerprint density at radius 3 is 2.29 bits per heavy atom. The van der Waals surface area contributed by atoms with Gasteiger partial charge in [0.1, 0.15) is 0 Å². The van der Waals surface area contributed by atoms with Crippen LogP contribution in [-0.4, -0.2) is 0 Å². The van der Waals surface area contributed by atoms with Crippen molar-refractivity contribution in [1.82, 2.24) is 0 Å². The molecular weight excluding hydrogens is 168 g/mol. The summed E-state index contributed by atoms with van der Waals surface area (Å²) in [6.07, 6.45) is 7.81. The molecule has 0 heterocycles. The number of hydrogen-bond acceptors (Lipinski definition) is 0. The normalized spacial score (nSPS) is 12.1. The predicted molar refractivity (Wildman–Crippen MR) is 62.4 cm³/mol. The maximum atomic E-state index is 5.58. The molecule has 0 radical (unpaired) electrons. The third-order valence-corrected chi connectivity index (χ3v) is 2.67. The first-order valence-electron chi connectivity index (χ1n) is 5.23. The van der Waals surface area contributed by atoms with Gasteiger partial charge in [-0.3, -0.25) is 0 Å². The molecule has 0 aromatic heterocycles. The zero-order valence-corrected chi connectivity index (χ0v) is 9.30. The van der Waals surface area contributed by atoms with Gasteiger partial charge in [0.25, 0.3) is 0 Å². The van der Waals surface area contributed by atoms with Gasteiger partial charge in [-0.2, -0.15) is 0 Å². The van der Waals surface area contributed by atoms with Gasteiger partial charge >= 0.3 is 0 Å². The summed E-state index contributed by atoms with van der Waals surface area (Å²) in [5, 5.41) is 0. The van der Waals surface area contributed by atoms with Crippen LogP contribution >= 0.6 is 0 Å². The van der Waals surface area contributed by atoms with Crippen molar-refractivity contribution in [3.8, 4) is 12.3 Å². The Kier molecular flexibility index (Phi) is 3.77. The highest BCUT2D eigenvalue weighted by molar-refractivity contribution is 5.40. The van der Waals surface area contributed by atoms with Gasteiger partial charge in [0.05, 0.1) is 0 Å². The van der Waals surface area contributed by atoms with E-state index in [0.717, 1.165) is 12.8 Å². The fourth-order valence-electron chi connectivity index (χ4n) is 1.98. The van der Waals surface area contributed by atoms with Crippen molar-refractivity contribution in [2.75, 3.05) is 0 Å². The van der Waals surface area contributed by atoms with Crippen molar-refractivity contribution in [2.24, 2.45) is 0 Å². The molecule has 14 heavy (non-hydrogen) atoms. The first-order valence-corrected chi connectivity index (χ1v) is 5.23. The second-order valence-electron chi connectivity index (χ2n) is 3.81. The summed E-state index contributed by atoms with van der Waals surface area (Å²) in [6.45, 7) is 6.46. The van der Waals surface area contributed by atoms with Crippen molar-refractivity contribution in [1.29, 1.82) is 0 Å². The van der Waals surface area contributed by atoms with Crippen LogP contribution in [0.1, 0.15) is 42.4 Å². The highest BCUT2D eigenvalue weighted by Crippen LogP contribution is 2.26. The van der Waals surface area contributed by atoms with Crippen molar-refractivity contribution < 1.29 is 0 Å². The smallest absolute Gasteiger partial charge is 0.0454 e. The van der Waals surface area contributed by atoms with Crippen molar-refractivity contribution in [3.63, 3.8) is 0 Å². The molecule has 74 valence electrons. The molecule has 0 fully saturated rings. The highest BCUT2D eigenvalue weighted by Gasteiger charge is 2.11. The summed E-state index contributed by atoms with van der Waals surface area (Å²) in [5.74, 6) is 3.19. The molecule has 0 aliphatic carbocycles. The summed E-state index contributed by atoms with van der Waals surface area (Å²) in [4.78, 5) is 0. The minimum atomic E-state index is 0.293. The third-order valence-electron chi connectivity index (χ3n) is 2.67. The lowest BCUT2D eigenvalue weighted by atomic mass is 9.88. The van der Waals surface area contributed by atoms with Crippen LogP contribution in [-0.2, 0) is 0 Å². The third kappa shape index (κ3) is 2.17. The molecule has 0 nitrogen and oxygen atoms in total. The Morgan fingerprint density at radius 2 is 1.86 bits per heavy atom. The molecular formula is C14H18. The molecule has 1 aromatic carbocycles. The van der Waals surface area contributed by atoms with E-state index in [-0.39, 0.29) is 0 Å². The largest absolute Gasteiger partial charge is 0.119 e. The summed E-state index contributed by atoms with van der Waals surface area (Å²) >= 11 is 0. The van der Waals surface area contributed by atoms with E-state index in [1.165, 1.54) is 16.7 Å². The minimum absolute atomic E-state index is 0.293. The molecule has 1 rings (SSSR count). The maximum absolute atomic E-state index is 5.58. The number of rotatable bonds is 3. The van der Waals surface area contributed by atoms with Crippen LogP contribution in [0, 0.1) is 26.2 Å². The first kappa shape index (κ1) is 10.9. The van der Waals surface area contributed by atoms with E-state index < -0.39 is 0 Å². The van der Waals surface area contributed by atoms with Gasteiger partial charge in [0, 0.05) is 5.92 Å². The van der Waals surface area contributed by atoms with Crippen molar-refractivity contribution in [2.45, 2.75) is 39.5 Å². The average Bonchev–Trinajstić information content (AvgIpc) is 2.16. The van der Waals surface area contributed by atoms with Gasteiger partial charge in [-0.1, -0.05) is 37.5 Å². The second-order valence-corrected chi connectivity index (χ2v) is 3.81. The van der Waals surface area contributed by atoms with Crippen LogP contribution in [0.15, 0.2) is 18.2 Å². The summed E-state index contributed by atoms with van der Waals surface area (Å²) in [5.41, 5.74) is 4.00. The Bertz CT molecular complexity index is 321. The fourth-order valence-corrected chi connectivity index (χ4v) is 1.98. The number of aryl methyl sites for hydroxylation is 2. The van der Waals surface area contributed by atoms with E-state index in [4.69, 9.17) is 6.42 Å². The van der Waals surface area contributed by atoms with Crippen LogP contribution in [0.25, 0.3) is 0 Å². The Labute approximate surface area is 87.4 Å². The molecule has 0 N–H and O–H groups in total.